The van der Waals surface area contributed by atoms with Gasteiger partial charge < -0.3 is 10.2 Å². The van der Waals surface area contributed by atoms with E-state index in [4.69, 9.17) is 11.6 Å². The summed E-state index contributed by atoms with van der Waals surface area (Å²) in [6, 6.07) is 7.46. The summed E-state index contributed by atoms with van der Waals surface area (Å²) in [5.41, 5.74) is 1.25. The molecule has 0 radical (unpaired) electrons. The van der Waals surface area contributed by atoms with Crippen molar-refractivity contribution in [1.82, 2.24) is 15.2 Å². The normalized spacial score (nSPS) is 17.0. The molecule has 0 atom stereocenters. The number of halogens is 1. The number of fused-ring (bicyclic) bond motifs is 1. The molecule has 4 nitrogen and oxygen atoms in total. The van der Waals surface area contributed by atoms with Gasteiger partial charge in [-0.15, -0.1) is 0 Å². The summed E-state index contributed by atoms with van der Waals surface area (Å²) >= 11 is 6.16. The number of pyridine rings is 1. The lowest BCUT2D eigenvalue weighted by atomic mass is 10.0. The first-order valence-corrected chi connectivity index (χ1v) is 7.55. The zero-order valence-electron chi connectivity index (χ0n) is 12.0. The van der Waals surface area contributed by atoms with Crippen LogP contribution in [0.15, 0.2) is 30.5 Å². The zero-order valence-corrected chi connectivity index (χ0v) is 12.7. The van der Waals surface area contributed by atoms with Crippen molar-refractivity contribution in [3.63, 3.8) is 0 Å². The van der Waals surface area contributed by atoms with Gasteiger partial charge >= 0.3 is 0 Å². The third kappa shape index (κ3) is 3.01. The Kier molecular flexibility index (Phi) is 4.08. The van der Waals surface area contributed by atoms with E-state index in [9.17, 15) is 4.79 Å². The molecule has 0 aliphatic carbocycles. The summed E-state index contributed by atoms with van der Waals surface area (Å²) < 4.78 is 0. The number of piperidine rings is 1. The van der Waals surface area contributed by atoms with E-state index >= 15 is 0 Å². The highest BCUT2D eigenvalue weighted by Gasteiger charge is 2.20. The summed E-state index contributed by atoms with van der Waals surface area (Å²) in [6.45, 7) is 2.04. The molecule has 1 N–H and O–H groups in total. The summed E-state index contributed by atoms with van der Waals surface area (Å²) in [5.74, 6) is -0.0649. The summed E-state index contributed by atoms with van der Waals surface area (Å²) in [7, 11) is 2.11. The van der Waals surface area contributed by atoms with E-state index in [1.165, 1.54) is 0 Å². The molecular formula is C16H18ClN3O. The summed E-state index contributed by atoms with van der Waals surface area (Å²) in [4.78, 5) is 19.1. The molecule has 1 amide bonds. The third-order valence-electron chi connectivity index (χ3n) is 4.01. The lowest BCUT2D eigenvalue weighted by Crippen LogP contribution is -2.43. The molecule has 3 rings (SSSR count). The number of amides is 1. The van der Waals surface area contributed by atoms with Gasteiger partial charge in [-0.25, -0.2) is 0 Å². The minimum Gasteiger partial charge on any atom is -0.349 e. The number of aromatic nitrogens is 1. The van der Waals surface area contributed by atoms with Gasteiger partial charge in [0, 0.05) is 17.6 Å². The van der Waals surface area contributed by atoms with Gasteiger partial charge in [0.15, 0.2) is 0 Å². The van der Waals surface area contributed by atoms with Crippen LogP contribution in [-0.4, -0.2) is 42.0 Å². The van der Waals surface area contributed by atoms with Gasteiger partial charge in [0.1, 0.15) is 0 Å². The Morgan fingerprint density at radius 3 is 2.86 bits per heavy atom. The van der Waals surface area contributed by atoms with Crippen molar-refractivity contribution < 1.29 is 4.79 Å². The second-order valence-electron chi connectivity index (χ2n) is 5.55. The minimum atomic E-state index is -0.0649. The van der Waals surface area contributed by atoms with Crippen LogP contribution in [0.5, 0.6) is 0 Å². The smallest absolute Gasteiger partial charge is 0.253 e. The number of hydrogen-bond donors (Lipinski definition) is 1. The highest BCUT2D eigenvalue weighted by Crippen LogP contribution is 2.25. The monoisotopic (exact) mass is 303 g/mol. The van der Waals surface area contributed by atoms with Crippen molar-refractivity contribution in [1.29, 1.82) is 0 Å². The molecule has 0 bridgehead atoms. The Balaban J connectivity index is 1.83. The Morgan fingerprint density at radius 2 is 2.10 bits per heavy atom. The first-order chi connectivity index (χ1) is 10.1. The molecule has 0 unspecified atom stereocenters. The van der Waals surface area contributed by atoms with Crippen molar-refractivity contribution in [3.05, 3.63) is 41.0 Å². The molecular weight excluding hydrogens is 286 g/mol. The highest BCUT2D eigenvalue weighted by atomic mass is 35.5. The highest BCUT2D eigenvalue weighted by molar-refractivity contribution is 6.36. The maximum Gasteiger partial charge on any atom is 0.253 e. The molecule has 2 heterocycles. The van der Waals surface area contributed by atoms with Crippen LogP contribution < -0.4 is 5.32 Å². The van der Waals surface area contributed by atoms with E-state index in [1.807, 2.05) is 12.1 Å². The van der Waals surface area contributed by atoms with Crippen LogP contribution in [0.25, 0.3) is 10.9 Å². The van der Waals surface area contributed by atoms with Crippen molar-refractivity contribution in [2.75, 3.05) is 20.1 Å². The molecule has 1 aromatic heterocycles. The SMILES string of the molecule is CN1CCC(NC(=O)c2ccc(Cl)c3cccnc23)CC1. The van der Waals surface area contributed by atoms with Crippen LogP contribution in [0.4, 0.5) is 0 Å². The maximum atomic E-state index is 12.5. The van der Waals surface area contributed by atoms with E-state index in [0.717, 1.165) is 31.3 Å². The predicted octanol–water partition coefficient (Wildman–Crippen LogP) is 2.71. The third-order valence-corrected chi connectivity index (χ3v) is 4.34. The molecule has 1 aliphatic heterocycles. The first kappa shape index (κ1) is 14.3. The van der Waals surface area contributed by atoms with Crippen molar-refractivity contribution in [2.45, 2.75) is 18.9 Å². The fourth-order valence-corrected chi connectivity index (χ4v) is 2.95. The lowest BCUT2D eigenvalue weighted by molar-refractivity contribution is 0.0918. The van der Waals surface area contributed by atoms with Gasteiger partial charge in [-0.1, -0.05) is 11.6 Å². The molecule has 2 aromatic rings. The average Bonchev–Trinajstić information content (AvgIpc) is 2.50. The standard InChI is InChI=1S/C16H18ClN3O/c1-20-9-6-11(7-10-20)19-16(21)13-4-5-14(17)12-3-2-8-18-15(12)13/h2-5,8,11H,6-7,9-10H2,1H3,(H,19,21). The fourth-order valence-electron chi connectivity index (χ4n) is 2.74. The van der Waals surface area contributed by atoms with Gasteiger partial charge in [0.05, 0.1) is 16.1 Å². The van der Waals surface area contributed by atoms with Crippen LogP contribution in [-0.2, 0) is 0 Å². The number of nitrogens with zero attached hydrogens (tertiary/aromatic N) is 2. The van der Waals surface area contributed by atoms with Crippen LogP contribution in [0.1, 0.15) is 23.2 Å². The number of hydrogen-bond acceptors (Lipinski definition) is 3. The second-order valence-corrected chi connectivity index (χ2v) is 5.95. The summed E-state index contributed by atoms with van der Waals surface area (Å²) in [6.07, 6.45) is 3.66. The molecule has 1 saturated heterocycles. The number of likely N-dealkylation sites (tertiary alicyclic amines) is 1. The van der Waals surface area contributed by atoms with Crippen LogP contribution >= 0.6 is 11.6 Å². The quantitative estimate of drug-likeness (QED) is 0.928. The van der Waals surface area contributed by atoms with Crippen molar-refractivity contribution in [2.24, 2.45) is 0 Å². The van der Waals surface area contributed by atoms with Crippen LogP contribution in [0, 0.1) is 0 Å². The van der Waals surface area contributed by atoms with E-state index in [0.29, 0.717) is 16.1 Å². The number of nitrogens with one attached hydrogen (secondary N) is 1. The van der Waals surface area contributed by atoms with Crippen molar-refractivity contribution >= 4 is 28.4 Å². The molecule has 5 heteroatoms. The average molecular weight is 304 g/mol. The molecule has 1 fully saturated rings. The van der Waals surface area contributed by atoms with Gasteiger partial charge in [0.2, 0.25) is 0 Å². The molecule has 0 spiro atoms. The van der Waals surface area contributed by atoms with Crippen LogP contribution in [0.2, 0.25) is 5.02 Å². The van der Waals surface area contributed by atoms with E-state index in [2.05, 4.69) is 22.2 Å². The van der Waals surface area contributed by atoms with E-state index < -0.39 is 0 Å². The second kappa shape index (κ2) is 6.00. The Hall–Kier alpha value is -1.65. The summed E-state index contributed by atoms with van der Waals surface area (Å²) in [5, 5.41) is 4.55. The van der Waals surface area contributed by atoms with Gasteiger partial charge in [-0.05, 0) is 57.2 Å². The Labute approximate surface area is 129 Å². The largest absolute Gasteiger partial charge is 0.349 e. The van der Waals surface area contributed by atoms with Crippen molar-refractivity contribution in [3.8, 4) is 0 Å². The fraction of sp³-hybridized carbons (Fsp3) is 0.375. The minimum absolute atomic E-state index is 0.0649. The van der Waals surface area contributed by atoms with E-state index in [-0.39, 0.29) is 11.9 Å². The molecule has 0 saturated carbocycles. The number of benzene rings is 1. The lowest BCUT2D eigenvalue weighted by Gasteiger charge is -2.29. The predicted molar refractivity (Wildman–Crippen MR) is 84.7 cm³/mol. The molecule has 1 aromatic carbocycles. The van der Waals surface area contributed by atoms with Crippen LogP contribution in [0.3, 0.4) is 0 Å². The van der Waals surface area contributed by atoms with E-state index in [1.54, 1.807) is 18.3 Å². The van der Waals surface area contributed by atoms with Gasteiger partial charge in [-0.2, -0.15) is 0 Å². The Bertz CT molecular complexity index is 666. The number of carbonyl (C=O) groups excluding carboxylic acids is 1. The molecule has 21 heavy (non-hydrogen) atoms. The zero-order chi connectivity index (χ0) is 14.8. The number of rotatable bonds is 2. The first-order valence-electron chi connectivity index (χ1n) is 7.18. The Morgan fingerprint density at radius 1 is 1.33 bits per heavy atom. The topological polar surface area (TPSA) is 45.2 Å². The maximum absolute atomic E-state index is 12.5. The van der Waals surface area contributed by atoms with Gasteiger partial charge in [-0.3, -0.25) is 9.78 Å². The molecule has 110 valence electrons. The number of carbonyl (C=O) groups is 1. The molecule has 1 aliphatic rings. The van der Waals surface area contributed by atoms with Gasteiger partial charge in [0.25, 0.3) is 5.91 Å².